The van der Waals surface area contributed by atoms with Gasteiger partial charge in [0.25, 0.3) is 0 Å². The summed E-state index contributed by atoms with van der Waals surface area (Å²) in [6.07, 6.45) is 2.83. The lowest BCUT2D eigenvalue weighted by molar-refractivity contribution is 0.166. The molecule has 1 atom stereocenters. The Kier molecular flexibility index (Phi) is 4.38. The Balaban J connectivity index is 1.67. The third-order valence-corrected chi connectivity index (χ3v) is 3.17. The van der Waals surface area contributed by atoms with Crippen molar-refractivity contribution >= 4 is 22.4 Å². The largest absolute Gasteiger partial charge is 0.472 e. The van der Waals surface area contributed by atoms with Crippen molar-refractivity contribution < 1.29 is 14.3 Å². The second kappa shape index (κ2) is 6.23. The molecule has 0 spiro atoms. The van der Waals surface area contributed by atoms with Crippen LogP contribution in [-0.2, 0) is 0 Å². The van der Waals surface area contributed by atoms with Crippen molar-refractivity contribution in [3.63, 3.8) is 0 Å². The molecular weight excluding hydrogens is 252 g/mol. The minimum absolute atomic E-state index is 0.267. The predicted molar refractivity (Wildman–Crippen MR) is 69.6 cm³/mol. The van der Waals surface area contributed by atoms with Crippen LogP contribution >= 0.6 is 11.3 Å². The van der Waals surface area contributed by atoms with Crippen molar-refractivity contribution in [1.82, 2.24) is 5.32 Å². The van der Waals surface area contributed by atoms with E-state index in [4.69, 9.17) is 4.42 Å². The lowest BCUT2D eigenvalue weighted by atomic mass is 10.1. The van der Waals surface area contributed by atoms with Crippen molar-refractivity contribution in [1.29, 1.82) is 0 Å². The van der Waals surface area contributed by atoms with Crippen LogP contribution in [0.1, 0.15) is 18.1 Å². The van der Waals surface area contributed by atoms with Crippen LogP contribution in [0.5, 0.6) is 0 Å². The van der Waals surface area contributed by atoms with Gasteiger partial charge in [-0.2, -0.15) is 0 Å². The summed E-state index contributed by atoms with van der Waals surface area (Å²) in [5.74, 6) is 0. The lowest BCUT2D eigenvalue weighted by Crippen LogP contribution is -2.29. The van der Waals surface area contributed by atoms with Gasteiger partial charge in [0, 0.05) is 12.1 Å². The number of rotatable bonds is 5. The molecule has 0 aliphatic rings. The normalized spacial score (nSPS) is 12.1. The lowest BCUT2D eigenvalue weighted by Gasteiger charge is -2.09. The quantitative estimate of drug-likeness (QED) is 0.778. The van der Waals surface area contributed by atoms with Crippen LogP contribution < -0.4 is 10.6 Å². The van der Waals surface area contributed by atoms with Crippen molar-refractivity contribution in [2.75, 3.05) is 11.9 Å². The highest BCUT2D eigenvalue weighted by Crippen LogP contribution is 2.16. The van der Waals surface area contributed by atoms with Gasteiger partial charge in [-0.3, -0.25) is 5.32 Å². The first kappa shape index (κ1) is 12.7. The maximum Gasteiger partial charge on any atom is 0.319 e. The van der Waals surface area contributed by atoms with Gasteiger partial charge in [0.05, 0.1) is 23.6 Å². The van der Waals surface area contributed by atoms with Crippen LogP contribution in [0.3, 0.4) is 0 Å². The standard InChI is InChI=1S/C12H14N2O3S/c15-10(9-4-6-17-8-9)3-5-13-12(16)14-11-2-1-7-18-11/h1-2,4,6-8,10,15H,3,5H2,(H2,13,14,16)/t10-/m1/s1. The van der Waals surface area contributed by atoms with E-state index in [1.807, 2.05) is 17.5 Å². The zero-order valence-electron chi connectivity index (χ0n) is 9.63. The topological polar surface area (TPSA) is 74.5 Å². The minimum atomic E-state index is -0.620. The monoisotopic (exact) mass is 266 g/mol. The van der Waals surface area contributed by atoms with Gasteiger partial charge >= 0.3 is 6.03 Å². The van der Waals surface area contributed by atoms with Crippen LogP contribution in [-0.4, -0.2) is 17.7 Å². The second-order valence-corrected chi connectivity index (χ2v) is 4.67. The number of aliphatic hydroxyl groups is 1. The number of aliphatic hydroxyl groups excluding tert-OH is 1. The summed E-state index contributed by atoms with van der Waals surface area (Å²) in [6, 6.07) is 5.13. The van der Waals surface area contributed by atoms with Gasteiger partial charge in [-0.05, 0) is 30.0 Å². The molecule has 0 unspecified atom stereocenters. The summed E-state index contributed by atoms with van der Waals surface area (Å²) in [7, 11) is 0. The molecule has 96 valence electrons. The zero-order chi connectivity index (χ0) is 12.8. The summed E-state index contributed by atoms with van der Waals surface area (Å²) >= 11 is 1.46. The van der Waals surface area contributed by atoms with E-state index in [-0.39, 0.29) is 6.03 Å². The first-order valence-corrected chi connectivity index (χ1v) is 6.42. The highest BCUT2D eigenvalue weighted by atomic mass is 32.1. The molecule has 0 fully saturated rings. The fourth-order valence-corrected chi connectivity index (χ4v) is 2.07. The number of thiophene rings is 1. The van der Waals surface area contributed by atoms with E-state index in [0.29, 0.717) is 13.0 Å². The van der Waals surface area contributed by atoms with Crippen LogP contribution in [0.25, 0.3) is 0 Å². The molecule has 6 heteroatoms. The van der Waals surface area contributed by atoms with Crippen LogP contribution in [0.2, 0.25) is 0 Å². The van der Waals surface area contributed by atoms with E-state index in [9.17, 15) is 9.90 Å². The first-order chi connectivity index (χ1) is 8.75. The number of carbonyl (C=O) groups excluding carboxylic acids is 1. The third-order valence-electron chi connectivity index (χ3n) is 2.39. The second-order valence-electron chi connectivity index (χ2n) is 3.72. The number of hydrogen-bond donors (Lipinski definition) is 3. The molecule has 18 heavy (non-hydrogen) atoms. The van der Waals surface area contributed by atoms with Crippen LogP contribution in [0, 0.1) is 0 Å². The summed E-state index contributed by atoms with van der Waals surface area (Å²) in [4.78, 5) is 11.5. The average molecular weight is 266 g/mol. The molecule has 0 saturated heterocycles. The summed E-state index contributed by atoms with van der Waals surface area (Å²) < 4.78 is 4.87. The minimum Gasteiger partial charge on any atom is -0.472 e. The third kappa shape index (κ3) is 3.61. The Hall–Kier alpha value is -1.79. The van der Waals surface area contributed by atoms with Crippen molar-refractivity contribution in [2.45, 2.75) is 12.5 Å². The van der Waals surface area contributed by atoms with Gasteiger partial charge in [-0.15, -0.1) is 11.3 Å². The molecule has 0 bridgehead atoms. The fraction of sp³-hybridized carbons (Fsp3) is 0.250. The smallest absolute Gasteiger partial charge is 0.319 e. The molecule has 2 aromatic heterocycles. The van der Waals surface area contributed by atoms with Gasteiger partial charge in [-0.25, -0.2) is 4.79 Å². The van der Waals surface area contributed by atoms with E-state index >= 15 is 0 Å². The number of furan rings is 1. The molecule has 0 radical (unpaired) electrons. The van der Waals surface area contributed by atoms with Gasteiger partial charge in [0.1, 0.15) is 0 Å². The first-order valence-electron chi connectivity index (χ1n) is 5.54. The molecule has 0 aromatic carbocycles. The summed E-state index contributed by atoms with van der Waals surface area (Å²) in [5, 5.41) is 17.8. The number of carbonyl (C=O) groups is 1. The molecule has 0 saturated carbocycles. The maximum absolute atomic E-state index is 11.5. The molecule has 2 rings (SSSR count). The molecule has 5 nitrogen and oxygen atoms in total. The Labute approximate surface area is 108 Å². The Morgan fingerprint density at radius 1 is 1.50 bits per heavy atom. The molecule has 0 aliphatic heterocycles. The number of urea groups is 1. The highest BCUT2D eigenvalue weighted by molar-refractivity contribution is 7.14. The van der Waals surface area contributed by atoms with Crippen molar-refractivity contribution in [3.8, 4) is 0 Å². The van der Waals surface area contributed by atoms with Crippen LogP contribution in [0.4, 0.5) is 9.80 Å². The van der Waals surface area contributed by atoms with Gasteiger partial charge in [0.15, 0.2) is 0 Å². The van der Waals surface area contributed by atoms with Crippen molar-refractivity contribution in [2.24, 2.45) is 0 Å². The summed E-state index contributed by atoms with van der Waals surface area (Å²) in [5.41, 5.74) is 0.718. The maximum atomic E-state index is 11.5. The van der Waals surface area contributed by atoms with E-state index in [1.54, 1.807) is 6.07 Å². The van der Waals surface area contributed by atoms with E-state index < -0.39 is 6.10 Å². The van der Waals surface area contributed by atoms with E-state index in [2.05, 4.69) is 10.6 Å². The highest BCUT2D eigenvalue weighted by Gasteiger charge is 2.09. The molecule has 0 aliphatic carbocycles. The van der Waals surface area contributed by atoms with E-state index in [0.717, 1.165) is 10.6 Å². The Bertz CT molecular complexity index is 467. The summed E-state index contributed by atoms with van der Waals surface area (Å²) in [6.45, 7) is 0.392. The fourth-order valence-electron chi connectivity index (χ4n) is 1.46. The Morgan fingerprint density at radius 2 is 2.39 bits per heavy atom. The zero-order valence-corrected chi connectivity index (χ0v) is 10.4. The van der Waals surface area contributed by atoms with Crippen molar-refractivity contribution in [3.05, 3.63) is 41.7 Å². The predicted octanol–water partition coefficient (Wildman–Crippen LogP) is 2.59. The Morgan fingerprint density at radius 3 is 3.06 bits per heavy atom. The molecule has 3 N–H and O–H groups in total. The number of hydrogen-bond acceptors (Lipinski definition) is 4. The van der Waals surface area contributed by atoms with Gasteiger partial charge in [-0.1, -0.05) is 0 Å². The van der Waals surface area contributed by atoms with E-state index in [1.165, 1.54) is 23.9 Å². The number of amides is 2. The van der Waals surface area contributed by atoms with Gasteiger partial charge in [0.2, 0.25) is 0 Å². The molecular formula is C12H14N2O3S. The average Bonchev–Trinajstić information content (AvgIpc) is 3.00. The number of nitrogens with one attached hydrogen (secondary N) is 2. The molecule has 2 aromatic rings. The number of anilines is 1. The van der Waals surface area contributed by atoms with Gasteiger partial charge < -0.3 is 14.8 Å². The molecule has 2 heterocycles. The van der Waals surface area contributed by atoms with Crippen LogP contribution in [0.15, 0.2) is 40.5 Å². The SMILES string of the molecule is O=C(NCC[C@@H](O)c1ccoc1)Nc1cccs1. The molecule has 2 amide bonds.